The van der Waals surface area contributed by atoms with Crippen LogP contribution in [-0.2, 0) is 0 Å². The number of nitrogens with zero attached hydrogens (tertiary/aromatic N) is 1. The normalized spacial score (nSPS) is 20.1. The zero-order valence-electron chi connectivity index (χ0n) is 11.7. The Morgan fingerprint density at radius 2 is 1.83 bits per heavy atom. The van der Waals surface area contributed by atoms with Crippen LogP contribution in [0, 0.1) is 26.7 Å². The van der Waals surface area contributed by atoms with E-state index in [9.17, 15) is 0 Å². The summed E-state index contributed by atoms with van der Waals surface area (Å²) in [5.74, 6) is 1.11. The average Bonchev–Trinajstić information content (AvgIpc) is 2.34. The van der Waals surface area contributed by atoms with Crippen molar-refractivity contribution >= 4 is 11.6 Å². The molecule has 0 N–H and O–H groups in total. The largest absolute Gasteiger partial charge is 0.306 e. The SMILES string of the molecule is [CH2][C@H](c1cc(C)c(Cl)cc1C)C1CCN(C)CC1. The number of rotatable bonds is 2. The molecule has 0 aliphatic carbocycles. The van der Waals surface area contributed by atoms with Crippen LogP contribution in [0.15, 0.2) is 12.1 Å². The first-order chi connectivity index (χ1) is 8.49. The van der Waals surface area contributed by atoms with Gasteiger partial charge in [-0.3, -0.25) is 0 Å². The zero-order valence-corrected chi connectivity index (χ0v) is 12.4. The van der Waals surface area contributed by atoms with E-state index in [-0.39, 0.29) is 0 Å². The molecule has 1 nitrogen and oxygen atoms in total. The van der Waals surface area contributed by atoms with Crippen LogP contribution in [0.2, 0.25) is 5.02 Å². The van der Waals surface area contributed by atoms with Gasteiger partial charge in [-0.1, -0.05) is 17.7 Å². The number of aryl methyl sites for hydroxylation is 2. The molecule has 2 heteroatoms. The summed E-state index contributed by atoms with van der Waals surface area (Å²) in [6.45, 7) is 11.0. The molecule has 1 atom stereocenters. The Labute approximate surface area is 116 Å². The van der Waals surface area contributed by atoms with Crippen molar-refractivity contribution < 1.29 is 0 Å². The molecule has 0 amide bonds. The Morgan fingerprint density at radius 1 is 1.22 bits per heavy atom. The van der Waals surface area contributed by atoms with E-state index in [2.05, 4.69) is 44.9 Å². The number of benzene rings is 1. The Morgan fingerprint density at radius 3 is 2.44 bits per heavy atom. The van der Waals surface area contributed by atoms with Gasteiger partial charge in [-0.15, -0.1) is 0 Å². The van der Waals surface area contributed by atoms with Crippen LogP contribution in [0.4, 0.5) is 0 Å². The summed E-state index contributed by atoms with van der Waals surface area (Å²) in [6.07, 6.45) is 2.51. The maximum Gasteiger partial charge on any atom is 0.0438 e. The molecule has 1 aromatic rings. The Kier molecular flexibility index (Phi) is 4.34. The van der Waals surface area contributed by atoms with Crippen LogP contribution in [-0.4, -0.2) is 25.0 Å². The van der Waals surface area contributed by atoms with Gasteiger partial charge >= 0.3 is 0 Å². The van der Waals surface area contributed by atoms with Crippen molar-refractivity contribution in [3.63, 3.8) is 0 Å². The van der Waals surface area contributed by atoms with Crippen molar-refractivity contribution in [3.8, 4) is 0 Å². The van der Waals surface area contributed by atoms with Gasteiger partial charge in [0, 0.05) is 5.02 Å². The third-order valence-corrected chi connectivity index (χ3v) is 4.69. The number of hydrogen-bond acceptors (Lipinski definition) is 1. The highest BCUT2D eigenvalue weighted by atomic mass is 35.5. The highest BCUT2D eigenvalue weighted by Crippen LogP contribution is 2.35. The van der Waals surface area contributed by atoms with Crippen LogP contribution < -0.4 is 0 Å². The van der Waals surface area contributed by atoms with Crippen LogP contribution >= 0.6 is 11.6 Å². The number of likely N-dealkylation sites (tertiary alicyclic amines) is 1. The second-order valence-electron chi connectivity index (χ2n) is 5.71. The molecular weight excluding hydrogens is 242 g/mol. The van der Waals surface area contributed by atoms with Crippen LogP contribution in [0.1, 0.15) is 35.4 Å². The average molecular weight is 265 g/mol. The van der Waals surface area contributed by atoms with Gasteiger partial charge in [-0.25, -0.2) is 0 Å². The Balaban J connectivity index is 2.18. The first kappa shape index (κ1) is 13.9. The van der Waals surface area contributed by atoms with Crippen molar-refractivity contribution in [2.24, 2.45) is 5.92 Å². The fraction of sp³-hybridized carbons (Fsp3) is 0.562. The van der Waals surface area contributed by atoms with E-state index >= 15 is 0 Å². The summed E-state index contributed by atoms with van der Waals surface area (Å²) >= 11 is 6.17. The minimum Gasteiger partial charge on any atom is -0.306 e. The van der Waals surface area contributed by atoms with E-state index < -0.39 is 0 Å². The molecule has 1 saturated heterocycles. The van der Waals surface area contributed by atoms with Gasteiger partial charge in [0.15, 0.2) is 0 Å². The summed E-state index contributed by atoms with van der Waals surface area (Å²) in [5, 5.41) is 0.867. The molecular formula is C16H23ClN. The Hall–Kier alpha value is -0.530. The molecule has 0 unspecified atom stereocenters. The molecule has 1 radical (unpaired) electrons. The van der Waals surface area contributed by atoms with E-state index in [4.69, 9.17) is 11.6 Å². The topological polar surface area (TPSA) is 3.24 Å². The third-order valence-electron chi connectivity index (χ3n) is 4.28. The zero-order chi connectivity index (χ0) is 13.3. The predicted octanol–water partition coefficient (Wildman–Crippen LogP) is 4.22. The summed E-state index contributed by atoms with van der Waals surface area (Å²) in [4.78, 5) is 2.41. The first-order valence-corrected chi connectivity index (χ1v) is 7.15. The second-order valence-corrected chi connectivity index (χ2v) is 6.11. The van der Waals surface area contributed by atoms with Gasteiger partial charge in [0.25, 0.3) is 0 Å². The van der Waals surface area contributed by atoms with Gasteiger partial charge < -0.3 is 4.90 Å². The third kappa shape index (κ3) is 2.89. The molecule has 1 aliphatic heterocycles. The van der Waals surface area contributed by atoms with Crippen molar-refractivity contribution in [3.05, 3.63) is 40.8 Å². The van der Waals surface area contributed by atoms with E-state index in [0.717, 1.165) is 5.02 Å². The summed E-state index contributed by atoms with van der Waals surface area (Å²) < 4.78 is 0. The maximum absolute atomic E-state index is 6.17. The van der Waals surface area contributed by atoms with Crippen molar-refractivity contribution in [1.29, 1.82) is 0 Å². The molecule has 1 aromatic carbocycles. The fourth-order valence-corrected chi connectivity index (χ4v) is 3.11. The van der Waals surface area contributed by atoms with Gasteiger partial charge in [0.05, 0.1) is 0 Å². The standard InChI is InChI=1S/C16H23ClN/c1-11-10-16(17)12(2)9-15(11)13(3)14-5-7-18(4)8-6-14/h9-10,13-14H,3,5-8H2,1-2,4H3/t13-/m0/s1. The predicted molar refractivity (Wildman–Crippen MR) is 79.2 cm³/mol. The van der Waals surface area contributed by atoms with Crippen LogP contribution in [0.3, 0.4) is 0 Å². The second kappa shape index (κ2) is 5.63. The molecule has 0 spiro atoms. The smallest absolute Gasteiger partial charge is 0.0438 e. The number of piperidine rings is 1. The molecule has 1 aliphatic rings. The molecule has 2 rings (SSSR count). The summed E-state index contributed by atoms with van der Waals surface area (Å²) in [7, 11) is 2.20. The molecule has 0 aromatic heterocycles. The van der Waals surface area contributed by atoms with E-state index in [1.807, 2.05) is 0 Å². The molecule has 0 bridgehead atoms. The van der Waals surface area contributed by atoms with Gasteiger partial charge in [-0.05, 0) is 88.3 Å². The lowest BCUT2D eigenvalue weighted by Crippen LogP contribution is -2.32. The lowest BCUT2D eigenvalue weighted by Gasteiger charge is -2.33. The molecule has 18 heavy (non-hydrogen) atoms. The summed E-state index contributed by atoms with van der Waals surface area (Å²) in [5.41, 5.74) is 3.83. The van der Waals surface area contributed by atoms with Crippen molar-refractivity contribution in [2.75, 3.05) is 20.1 Å². The minimum absolute atomic E-state index is 0.398. The minimum atomic E-state index is 0.398. The first-order valence-electron chi connectivity index (χ1n) is 6.77. The highest BCUT2D eigenvalue weighted by Gasteiger charge is 2.24. The van der Waals surface area contributed by atoms with E-state index in [1.165, 1.54) is 42.6 Å². The van der Waals surface area contributed by atoms with E-state index in [1.54, 1.807) is 0 Å². The highest BCUT2D eigenvalue weighted by molar-refractivity contribution is 6.31. The summed E-state index contributed by atoms with van der Waals surface area (Å²) in [6, 6.07) is 4.31. The van der Waals surface area contributed by atoms with Crippen LogP contribution in [0.5, 0.6) is 0 Å². The van der Waals surface area contributed by atoms with Gasteiger partial charge in [0.1, 0.15) is 0 Å². The quantitative estimate of drug-likeness (QED) is 0.773. The maximum atomic E-state index is 6.17. The molecule has 99 valence electrons. The van der Waals surface area contributed by atoms with E-state index in [0.29, 0.717) is 11.8 Å². The van der Waals surface area contributed by atoms with Crippen molar-refractivity contribution in [1.82, 2.24) is 4.90 Å². The lowest BCUT2D eigenvalue weighted by molar-refractivity contribution is 0.208. The molecule has 0 saturated carbocycles. The number of hydrogen-bond donors (Lipinski definition) is 0. The molecule has 1 fully saturated rings. The Bertz CT molecular complexity index is 419. The van der Waals surface area contributed by atoms with Crippen molar-refractivity contribution in [2.45, 2.75) is 32.6 Å². The fourth-order valence-electron chi connectivity index (χ4n) is 2.89. The van der Waals surface area contributed by atoms with Crippen LogP contribution in [0.25, 0.3) is 0 Å². The number of halogens is 1. The lowest BCUT2D eigenvalue weighted by atomic mass is 9.79. The monoisotopic (exact) mass is 264 g/mol. The van der Waals surface area contributed by atoms with Gasteiger partial charge in [-0.2, -0.15) is 0 Å². The molecule has 1 heterocycles. The van der Waals surface area contributed by atoms with Gasteiger partial charge in [0.2, 0.25) is 0 Å².